The van der Waals surface area contributed by atoms with Crippen LogP contribution in [0.1, 0.15) is 0 Å². The highest BCUT2D eigenvalue weighted by atomic mass is 16.3. The van der Waals surface area contributed by atoms with Gasteiger partial charge < -0.3 is 8.98 Å². The Labute approximate surface area is 368 Å². The highest BCUT2D eigenvalue weighted by Crippen LogP contribution is 2.43. The van der Waals surface area contributed by atoms with Gasteiger partial charge in [-0.25, -0.2) is 15.0 Å². The molecule has 5 heteroatoms. The summed E-state index contributed by atoms with van der Waals surface area (Å²) < 4.78 is 8.97. The molecule has 9 aromatic carbocycles. The molecule has 13 rings (SSSR count). The van der Waals surface area contributed by atoms with Crippen LogP contribution in [0.15, 0.2) is 223 Å². The summed E-state index contributed by atoms with van der Waals surface area (Å²) in [6, 6.07) is 76.7. The van der Waals surface area contributed by atoms with Gasteiger partial charge >= 0.3 is 0 Å². The maximum atomic E-state index is 6.62. The van der Waals surface area contributed by atoms with E-state index < -0.39 is 0 Å². The van der Waals surface area contributed by atoms with Crippen LogP contribution in [0.2, 0.25) is 0 Å². The molecule has 0 aliphatic heterocycles. The van der Waals surface area contributed by atoms with E-state index >= 15 is 0 Å². The predicted molar refractivity (Wildman–Crippen MR) is 264 cm³/mol. The zero-order chi connectivity index (χ0) is 42.1. The first kappa shape index (κ1) is 36.0. The van der Waals surface area contributed by atoms with Crippen molar-refractivity contribution in [3.05, 3.63) is 218 Å². The first-order valence-corrected chi connectivity index (χ1v) is 21.6. The first-order chi connectivity index (χ1) is 31.7. The number of benzene rings is 9. The Bertz CT molecular complexity index is 3900. The highest BCUT2D eigenvalue weighted by molar-refractivity contribution is 6.22. The van der Waals surface area contributed by atoms with Crippen LogP contribution in [0.3, 0.4) is 0 Å². The van der Waals surface area contributed by atoms with Crippen LogP contribution in [-0.4, -0.2) is 19.5 Å². The van der Waals surface area contributed by atoms with Crippen molar-refractivity contribution in [2.24, 2.45) is 0 Å². The van der Waals surface area contributed by atoms with Gasteiger partial charge in [-0.2, -0.15) is 0 Å². The van der Waals surface area contributed by atoms with Crippen molar-refractivity contribution in [3.63, 3.8) is 0 Å². The highest BCUT2D eigenvalue weighted by Gasteiger charge is 2.21. The zero-order valence-electron chi connectivity index (χ0n) is 34.5. The van der Waals surface area contributed by atoms with Gasteiger partial charge in [-0.1, -0.05) is 176 Å². The van der Waals surface area contributed by atoms with E-state index in [1.54, 1.807) is 0 Å². The normalized spacial score (nSPS) is 11.8. The minimum atomic E-state index is 0.682. The molecule has 0 amide bonds. The van der Waals surface area contributed by atoms with E-state index in [-0.39, 0.29) is 0 Å². The molecule has 0 N–H and O–H groups in total. The molecule has 0 saturated heterocycles. The lowest BCUT2D eigenvalue weighted by molar-refractivity contribution is 0.669. The monoisotopic (exact) mass is 816 g/mol. The molecule has 0 aliphatic rings. The van der Waals surface area contributed by atoms with Gasteiger partial charge in [0.05, 0.1) is 27.9 Å². The number of hydrogen-bond acceptors (Lipinski definition) is 4. The van der Waals surface area contributed by atoms with Gasteiger partial charge in [-0.15, -0.1) is 0 Å². The van der Waals surface area contributed by atoms with Crippen molar-refractivity contribution in [1.82, 2.24) is 19.5 Å². The van der Waals surface area contributed by atoms with E-state index in [1.807, 2.05) is 36.4 Å². The average Bonchev–Trinajstić information content (AvgIpc) is 3.93. The summed E-state index contributed by atoms with van der Waals surface area (Å²) in [5, 5.41) is 8.01. The molecule has 0 fully saturated rings. The maximum Gasteiger partial charge on any atom is 0.162 e. The van der Waals surface area contributed by atoms with Crippen LogP contribution in [0.4, 0.5) is 0 Å². The molecule has 13 aromatic rings. The number of hydrogen-bond donors (Lipinski definition) is 0. The quantitative estimate of drug-likeness (QED) is 0.168. The fourth-order valence-corrected chi connectivity index (χ4v) is 9.66. The van der Waals surface area contributed by atoms with Crippen molar-refractivity contribution < 1.29 is 4.42 Å². The van der Waals surface area contributed by atoms with Crippen LogP contribution >= 0.6 is 0 Å². The second kappa shape index (κ2) is 14.5. The minimum absolute atomic E-state index is 0.682. The third-order valence-corrected chi connectivity index (χ3v) is 12.6. The smallest absolute Gasteiger partial charge is 0.162 e. The third kappa shape index (κ3) is 5.75. The molecule has 0 spiro atoms. The van der Waals surface area contributed by atoms with E-state index in [0.29, 0.717) is 5.82 Å². The average molecular weight is 817 g/mol. The van der Waals surface area contributed by atoms with E-state index in [4.69, 9.17) is 19.4 Å². The van der Waals surface area contributed by atoms with Gasteiger partial charge in [0.1, 0.15) is 11.3 Å². The number of pyridine rings is 1. The Kier molecular flexibility index (Phi) is 8.15. The second-order valence-corrected chi connectivity index (χ2v) is 16.3. The summed E-state index contributed by atoms with van der Waals surface area (Å²) in [5.74, 6) is 0.682. The summed E-state index contributed by atoms with van der Waals surface area (Å²) in [4.78, 5) is 15.6. The SMILES string of the molecule is c1ccc(-c2nc(-c3ccc(-c4ccc(-c5nc6ccccc6c6c5oc5ccccc56)c5ccccc45)cc3)cc(-c3cccc(-n4c5ccccc5c5ccccc54)c3)n2)cc1. The summed E-state index contributed by atoms with van der Waals surface area (Å²) in [6.07, 6.45) is 0. The lowest BCUT2D eigenvalue weighted by Gasteiger charge is -2.14. The molecule has 0 atom stereocenters. The zero-order valence-corrected chi connectivity index (χ0v) is 34.5. The Hall–Kier alpha value is -8.67. The van der Waals surface area contributed by atoms with Crippen molar-refractivity contribution in [2.75, 3.05) is 0 Å². The summed E-state index contributed by atoms with van der Waals surface area (Å²) in [5.41, 5.74) is 14.9. The Morgan fingerprint density at radius 2 is 0.922 bits per heavy atom. The van der Waals surface area contributed by atoms with Crippen LogP contribution in [0, 0.1) is 0 Å². The fourth-order valence-electron chi connectivity index (χ4n) is 9.66. The van der Waals surface area contributed by atoms with Crippen LogP contribution in [0.5, 0.6) is 0 Å². The fraction of sp³-hybridized carbons (Fsp3) is 0. The van der Waals surface area contributed by atoms with Crippen LogP contribution in [0.25, 0.3) is 127 Å². The minimum Gasteiger partial charge on any atom is -0.454 e. The van der Waals surface area contributed by atoms with Gasteiger partial charge in [0.15, 0.2) is 11.4 Å². The van der Waals surface area contributed by atoms with Gasteiger partial charge in [0.2, 0.25) is 0 Å². The van der Waals surface area contributed by atoms with E-state index in [9.17, 15) is 0 Å². The molecular formula is C59H36N4O. The molecule has 0 aliphatic carbocycles. The number of fused-ring (bicyclic) bond motifs is 9. The molecule has 298 valence electrons. The number of rotatable bonds is 6. The molecule has 0 saturated carbocycles. The largest absolute Gasteiger partial charge is 0.454 e. The number of para-hydroxylation sites is 4. The van der Waals surface area contributed by atoms with Gasteiger partial charge in [-0.05, 0) is 64.4 Å². The van der Waals surface area contributed by atoms with Gasteiger partial charge in [-0.3, -0.25) is 0 Å². The van der Waals surface area contributed by atoms with E-state index in [1.165, 1.54) is 21.8 Å². The van der Waals surface area contributed by atoms with Crippen LogP contribution in [-0.2, 0) is 0 Å². The van der Waals surface area contributed by atoms with Gasteiger partial charge in [0.25, 0.3) is 0 Å². The summed E-state index contributed by atoms with van der Waals surface area (Å²) >= 11 is 0. The maximum absolute atomic E-state index is 6.62. The van der Waals surface area contributed by atoms with E-state index in [2.05, 4.69) is 187 Å². The summed E-state index contributed by atoms with van der Waals surface area (Å²) in [7, 11) is 0. The first-order valence-electron chi connectivity index (χ1n) is 21.6. The van der Waals surface area contributed by atoms with Crippen molar-refractivity contribution >= 4 is 65.4 Å². The Morgan fingerprint density at radius 1 is 0.359 bits per heavy atom. The van der Waals surface area contributed by atoms with Crippen molar-refractivity contribution in [2.45, 2.75) is 0 Å². The van der Waals surface area contributed by atoms with E-state index in [0.717, 1.165) is 99.8 Å². The molecule has 4 heterocycles. The number of furan rings is 1. The van der Waals surface area contributed by atoms with Crippen molar-refractivity contribution in [3.8, 4) is 62.0 Å². The Balaban J connectivity index is 0.916. The Morgan fingerprint density at radius 3 is 1.67 bits per heavy atom. The molecule has 0 bridgehead atoms. The molecule has 0 unspecified atom stereocenters. The summed E-state index contributed by atoms with van der Waals surface area (Å²) in [6.45, 7) is 0. The third-order valence-electron chi connectivity index (χ3n) is 12.6. The molecule has 5 nitrogen and oxygen atoms in total. The topological polar surface area (TPSA) is 56.7 Å². The molecular weight excluding hydrogens is 781 g/mol. The molecule has 0 radical (unpaired) electrons. The van der Waals surface area contributed by atoms with Crippen LogP contribution < -0.4 is 0 Å². The van der Waals surface area contributed by atoms with Gasteiger partial charge in [0, 0.05) is 54.9 Å². The van der Waals surface area contributed by atoms with Crippen molar-refractivity contribution in [1.29, 1.82) is 0 Å². The molecule has 4 aromatic heterocycles. The second-order valence-electron chi connectivity index (χ2n) is 16.3. The number of nitrogens with zero attached hydrogens (tertiary/aromatic N) is 4. The lowest BCUT2D eigenvalue weighted by atomic mass is 9.92. The predicted octanol–water partition coefficient (Wildman–Crippen LogP) is 15.5. The molecule has 64 heavy (non-hydrogen) atoms. The standard InChI is InChI=1S/C59H36N4O/c1-2-15-39(16-3-1)59-61-51(36-52(62-59)40-17-14-18-41(35-40)63-53-26-11-7-21-45(53)46-22-8-12-27-54(46)63)38-31-29-37(30-32-38)42-33-34-47(44-20-5-4-19-43(42)44)57-58-56(48-23-6-10-25-50(48)60-57)49-24-9-13-28-55(49)64-58/h1-36H. The lowest BCUT2D eigenvalue weighted by Crippen LogP contribution is -1.98. The number of aromatic nitrogens is 4.